The molecule has 1 aliphatic carbocycles. The third-order valence-electron chi connectivity index (χ3n) is 1.50. The maximum Gasteiger partial charge on any atom is 0.269 e. The van der Waals surface area contributed by atoms with Crippen LogP contribution in [0, 0.1) is 17.9 Å². The first-order valence-electron chi connectivity index (χ1n) is 3.14. The van der Waals surface area contributed by atoms with Crippen LogP contribution >= 0.6 is 12.2 Å². The molecule has 1 rings (SSSR count). The van der Waals surface area contributed by atoms with Crippen molar-refractivity contribution in [2.75, 3.05) is 0 Å². The summed E-state index contributed by atoms with van der Waals surface area (Å²) in [6, 6.07) is 1.80. The number of allylic oxidation sites excluding steroid dienone is 5. The molecule has 0 radical (unpaired) electrons. The van der Waals surface area contributed by atoms with E-state index >= 15 is 0 Å². The van der Waals surface area contributed by atoms with Gasteiger partial charge in [-0.25, -0.2) is 10.1 Å². The summed E-state index contributed by atoms with van der Waals surface area (Å²) in [6.45, 7) is 10.4. The number of thiocarbonyl (C=S) groups is 1. The predicted octanol–water partition coefficient (Wildman–Crippen LogP) is 2.18. The van der Waals surface area contributed by atoms with Crippen LogP contribution in [0.4, 0.5) is 0 Å². The second-order valence-electron chi connectivity index (χ2n) is 2.16. The third kappa shape index (κ3) is 1.18. The van der Waals surface area contributed by atoms with Gasteiger partial charge < -0.3 is 0 Å². The molecule has 56 valence electrons. The fourth-order valence-corrected chi connectivity index (χ4v) is 1.04. The monoisotopic (exact) mass is 172 g/mol. The summed E-state index contributed by atoms with van der Waals surface area (Å²) in [5.41, 5.74) is 1.20. The largest absolute Gasteiger partial charge is 0.269 e. The van der Waals surface area contributed by atoms with E-state index in [4.69, 9.17) is 24.1 Å². The quantitative estimate of drug-likeness (QED) is 0.242. The van der Waals surface area contributed by atoms with E-state index in [9.17, 15) is 0 Å². The van der Waals surface area contributed by atoms with Crippen LogP contribution in [-0.2, 0) is 0 Å². The summed E-state index contributed by atoms with van der Waals surface area (Å²) in [4.78, 5) is 3.67. The van der Waals surface area contributed by atoms with Crippen molar-refractivity contribution in [2.45, 2.75) is 0 Å². The highest BCUT2D eigenvalue weighted by Gasteiger charge is 2.14. The molecule has 0 saturated carbocycles. The van der Waals surface area contributed by atoms with Crippen molar-refractivity contribution in [3.63, 3.8) is 0 Å². The first kappa shape index (κ1) is 8.39. The molecule has 0 N–H and O–H groups in total. The van der Waals surface area contributed by atoms with Crippen molar-refractivity contribution in [1.82, 2.24) is 0 Å². The summed E-state index contributed by atoms with van der Waals surface area (Å²) in [5, 5.41) is 8.55. The molecule has 0 unspecified atom stereocenters. The molecule has 0 saturated heterocycles. The topological polar surface area (TPSA) is 28.1 Å². The van der Waals surface area contributed by atoms with Gasteiger partial charge in [-0.05, 0) is 17.2 Å². The van der Waals surface area contributed by atoms with Crippen LogP contribution in [0.5, 0.6) is 0 Å². The lowest BCUT2D eigenvalue weighted by Crippen LogP contribution is -1.89. The predicted molar refractivity (Wildman–Crippen MR) is 50.1 cm³/mol. The average Bonchev–Trinajstić information content (AvgIpc) is 2.38. The van der Waals surface area contributed by atoms with Gasteiger partial charge in [0.05, 0.1) is 12.6 Å². The van der Waals surface area contributed by atoms with Crippen molar-refractivity contribution in [2.24, 2.45) is 0 Å². The van der Waals surface area contributed by atoms with Gasteiger partial charge in [-0.2, -0.15) is 0 Å². The average molecular weight is 172 g/mol. The smallest absolute Gasteiger partial charge is 0.226 e. The van der Waals surface area contributed by atoms with Crippen LogP contribution in [0.25, 0.3) is 4.85 Å². The van der Waals surface area contributed by atoms with E-state index in [1.807, 2.05) is 0 Å². The summed E-state index contributed by atoms with van der Waals surface area (Å²) in [6.07, 6.45) is 3.33. The number of rotatable bonds is 0. The number of nitrogens with zero attached hydrogens (tertiary/aromatic N) is 2. The maximum atomic E-state index is 8.55. The fraction of sp³-hybridized carbons (Fsp3) is 0. The Labute approximate surface area is 75.9 Å². The van der Waals surface area contributed by atoms with Gasteiger partial charge in [0.15, 0.2) is 0 Å². The number of hydrogen-bond acceptors (Lipinski definition) is 2. The normalized spacial score (nSPS) is 18.8. The minimum absolute atomic E-state index is 0.0519. The highest BCUT2D eigenvalue weighted by atomic mass is 32.1. The zero-order valence-corrected chi connectivity index (χ0v) is 6.98. The lowest BCUT2D eigenvalue weighted by Gasteiger charge is -1.95. The molecule has 12 heavy (non-hydrogen) atoms. The zero-order valence-electron chi connectivity index (χ0n) is 6.16. The Balaban J connectivity index is 3.27. The fourth-order valence-electron chi connectivity index (χ4n) is 0.860. The minimum Gasteiger partial charge on any atom is -0.226 e. The molecular weight excluding hydrogens is 168 g/mol. The van der Waals surface area contributed by atoms with Crippen LogP contribution in [-0.4, -0.2) is 4.86 Å². The van der Waals surface area contributed by atoms with Crippen molar-refractivity contribution >= 4 is 17.1 Å². The summed E-state index contributed by atoms with van der Waals surface area (Å²) >= 11 is 4.90. The summed E-state index contributed by atoms with van der Waals surface area (Å²) in [7, 11) is 0. The van der Waals surface area contributed by atoms with Crippen LogP contribution in [0.3, 0.4) is 0 Å². The third-order valence-corrected chi connectivity index (χ3v) is 1.88. The molecule has 0 aromatic heterocycles. The van der Waals surface area contributed by atoms with Crippen LogP contribution < -0.4 is 0 Å². The Morgan fingerprint density at radius 3 is 2.67 bits per heavy atom. The highest BCUT2D eigenvalue weighted by molar-refractivity contribution is 7.81. The molecule has 0 fully saturated rings. The Morgan fingerprint density at radius 1 is 1.67 bits per heavy atom. The molecule has 0 aromatic rings. The van der Waals surface area contributed by atoms with Crippen LogP contribution in [0.1, 0.15) is 0 Å². The lowest BCUT2D eigenvalue weighted by atomic mass is 10.1. The van der Waals surface area contributed by atoms with Gasteiger partial charge in [0.1, 0.15) is 0 Å². The second-order valence-corrected chi connectivity index (χ2v) is 2.60. The van der Waals surface area contributed by atoms with E-state index in [1.165, 1.54) is 0 Å². The van der Waals surface area contributed by atoms with Gasteiger partial charge in [-0.3, -0.25) is 0 Å². The van der Waals surface area contributed by atoms with E-state index in [0.29, 0.717) is 16.0 Å². The zero-order chi connectivity index (χ0) is 9.14. The van der Waals surface area contributed by atoms with Gasteiger partial charge in [0.25, 0.3) is 5.70 Å². The van der Waals surface area contributed by atoms with Gasteiger partial charge >= 0.3 is 0 Å². The molecule has 2 nitrogen and oxygen atoms in total. The molecule has 0 atom stereocenters. The number of nitriles is 1. The Morgan fingerprint density at radius 2 is 2.33 bits per heavy atom. The Hall–Kier alpha value is -1.71. The molecule has 0 aromatic carbocycles. The molecule has 0 bridgehead atoms. The first-order chi connectivity index (χ1) is 5.70. The second kappa shape index (κ2) is 3.13. The van der Waals surface area contributed by atoms with Crippen molar-refractivity contribution in [1.29, 1.82) is 5.26 Å². The molecule has 0 aliphatic heterocycles. The van der Waals surface area contributed by atoms with Crippen molar-refractivity contribution in [3.8, 4) is 6.07 Å². The summed E-state index contributed by atoms with van der Waals surface area (Å²) in [5.74, 6) is 0. The van der Waals surface area contributed by atoms with Gasteiger partial charge in [-0.1, -0.05) is 24.9 Å². The first-order valence-corrected chi connectivity index (χ1v) is 3.55. The van der Waals surface area contributed by atoms with Gasteiger partial charge in [0, 0.05) is 4.86 Å². The van der Waals surface area contributed by atoms with Crippen LogP contribution in [0.15, 0.2) is 35.6 Å². The number of hydrogen-bond donors (Lipinski definition) is 0. The lowest BCUT2D eigenvalue weighted by molar-refractivity contribution is 1.47. The highest BCUT2D eigenvalue weighted by Crippen LogP contribution is 2.23. The van der Waals surface area contributed by atoms with E-state index in [-0.39, 0.29) is 5.70 Å². The SMILES string of the molecule is [C-]#[N+]/C(C#N)=C1/C=CC(=S)C1=C. The van der Waals surface area contributed by atoms with E-state index in [0.717, 1.165) is 0 Å². The Kier molecular flexibility index (Phi) is 2.19. The van der Waals surface area contributed by atoms with Crippen LogP contribution in [0.2, 0.25) is 0 Å². The molecular formula is C9H4N2S. The van der Waals surface area contributed by atoms with Crippen molar-refractivity contribution < 1.29 is 0 Å². The summed E-state index contributed by atoms with van der Waals surface area (Å²) < 4.78 is 0. The van der Waals surface area contributed by atoms with E-state index in [1.54, 1.807) is 18.2 Å². The van der Waals surface area contributed by atoms with Gasteiger partial charge in [-0.15, -0.1) is 0 Å². The molecule has 0 spiro atoms. The molecule has 0 amide bonds. The molecule has 0 heterocycles. The minimum atomic E-state index is 0.0519. The van der Waals surface area contributed by atoms with E-state index < -0.39 is 0 Å². The van der Waals surface area contributed by atoms with Gasteiger partial charge in [0.2, 0.25) is 0 Å². The van der Waals surface area contributed by atoms with Crippen molar-refractivity contribution in [3.05, 3.63) is 47.0 Å². The van der Waals surface area contributed by atoms with E-state index in [2.05, 4.69) is 11.4 Å². The standard InChI is InChI=1S/C9H4N2S/c1-6-7(3-4-9(6)12)8(5-10)11-2/h3-4H,1H2/b8-7-. The Bertz CT molecular complexity index is 383. The molecule has 1 aliphatic rings. The maximum absolute atomic E-state index is 8.55. The molecule has 3 heteroatoms.